The number of aromatic nitrogens is 2. The Hall–Kier alpha value is -0.830. The second-order valence-corrected chi connectivity index (χ2v) is 5.00. The van der Waals surface area contributed by atoms with Crippen molar-refractivity contribution in [2.45, 2.75) is 72.4 Å². The number of imidazole rings is 1. The molecule has 0 aliphatic rings. The predicted octanol–water partition coefficient (Wildman–Crippen LogP) is 3.66. The summed E-state index contributed by atoms with van der Waals surface area (Å²) in [4.78, 5) is 4.42. The highest BCUT2D eigenvalue weighted by Gasteiger charge is 2.05. The molecule has 0 fully saturated rings. The van der Waals surface area contributed by atoms with E-state index < -0.39 is 0 Å². The van der Waals surface area contributed by atoms with E-state index in [-0.39, 0.29) is 0 Å². The Kier molecular flexibility index (Phi) is 7.74. The first kappa shape index (κ1) is 15.2. The lowest BCUT2D eigenvalue weighted by molar-refractivity contribution is 0.533. The van der Waals surface area contributed by atoms with Crippen molar-refractivity contribution in [2.24, 2.45) is 0 Å². The lowest BCUT2D eigenvalue weighted by Gasteiger charge is -2.10. The minimum atomic E-state index is 0.938. The zero-order valence-corrected chi connectivity index (χ0v) is 12.3. The number of unbranched alkanes of at least 4 members (excludes halogenated alkanes) is 5. The van der Waals surface area contributed by atoms with Crippen LogP contribution in [0.4, 0.5) is 0 Å². The molecule has 3 nitrogen and oxygen atoms in total. The molecule has 0 spiro atoms. The highest BCUT2D eigenvalue weighted by molar-refractivity contribution is 5.04. The number of rotatable bonds is 10. The Balaban J connectivity index is 2.29. The Morgan fingerprint density at radius 3 is 2.56 bits per heavy atom. The van der Waals surface area contributed by atoms with E-state index in [0.29, 0.717) is 0 Å². The average molecular weight is 251 g/mol. The van der Waals surface area contributed by atoms with Gasteiger partial charge in [-0.1, -0.05) is 46.0 Å². The van der Waals surface area contributed by atoms with Gasteiger partial charge in [0, 0.05) is 19.3 Å². The maximum Gasteiger partial charge on any atom is 0.105 e. The van der Waals surface area contributed by atoms with E-state index in [2.05, 4.69) is 35.6 Å². The van der Waals surface area contributed by atoms with Crippen LogP contribution in [0.25, 0.3) is 0 Å². The fraction of sp³-hybridized carbons (Fsp3) is 0.800. The molecular weight excluding hydrogens is 222 g/mol. The van der Waals surface area contributed by atoms with Crippen molar-refractivity contribution in [3.05, 3.63) is 17.7 Å². The maximum absolute atomic E-state index is 4.42. The molecule has 0 bridgehead atoms. The monoisotopic (exact) mass is 251 g/mol. The molecule has 0 radical (unpaired) electrons. The average Bonchev–Trinajstić information content (AvgIpc) is 2.72. The summed E-state index contributed by atoms with van der Waals surface area (Å²) in [6, 6.07) is 0. The fourth-order valence-electron chi connectivity index (χ4n) is 2.26. The molecule has 0 aliphatic heterocycles. The van der Waals surface area contributed by atoms with E-state index in [0.717, 1.165) is 25.5 Å². The topological polar surface area (TPSA) is 29.9 Å². The first-order chi connectivity index (χ1) is 8.79. The van der Waals surface area contributed by atoms with Crippen LogP contribution in [0.2, 0.25) is 0 Å². The minimum Gasteiger partial charge on any atom is -0.331 e. The molecular formula is C15H29N3. The summed E-state index contributed by atoms with van der Waals surface area (Å²) in [5.41, 5.74) is 1.32. The van der Waals surface area contributed by atoms with Crippen LogP contribution < -0.4 is 5.32 Å². The Bertz CT molecular complexity index is 318. The van der Waals surface area contributed by atoms with Crippen LogP contribution in [-0.4, -0.2) is 16.1 Å². The van der Waals surface area contributed by atoms with Crippen molar-refractivity contribution >= 4 is 0 Å². The predicted molar refractivity (Wildman–Crippen MR) is 77.7 cm³/mol. The van der Waals surface area contributed by atoms with Crippen molar-refractivity contribution in [1.82, 2.24) is 14.9 Å². The maximum atomic E-state index is 4.42. The van der Waals surface area contributed by atoms with E-state index >= 15 is 0 Å². The summed E-state index contributed by atoms with van der Waals surface area (Å²) in [6.45, 7) is 9.59. The lowest BCUT2D eigenvalue weighted by Crippen LogP contribution is -2.16. The summed E-state index contributed by atoms with van der Waals surface area (Å²) >= 11 is 0. The first-order valence-corrected chi connectivity index (χ1v) is 7.51. The summed E-state index contributed by atoms with van der Waals surface area (Å²) in [5, 5.41) is 3.38. The van der Waals surface area contributed by atoms with Crippen LogP contribution in [0.15, 0.2) is 6.20 Å². The molecule has 1 aromatic rings. The van der Waals surface area contributed by atoms with Crippen LogP contribution in [0.3, 0.4) is 0 Å². The lowest BCUT2D eigenvalue weighted by atomic mass is 10.1. The zero-order valence-electron chi connectivity index (χ0n) is 12.3. The molecule has 0 unspecified atom stereocenters. The van der Waals surface area contributed by atoms with Crippen molar-refractivity contribution in [1.29, 1.82) is 0 Å². The third-order valence-corrected chi connectivity index (χ3v) is 3.43. The van der Waals surface area contributed by atoms with E-state index in [4.69, 9.17) is 0 Å². The zero-order chi connectivity index (χ0) is 13.2. The number of aryl methyl sites for hydroxylation is 1. The highest BCUT2D eigenvalue weighted by Crippen LogP contribution is 2.10. The van der Waals surface area contributed by atoms with Crippen LogP contribution >= 0.6 is 0 Å². The molecule has 0 atom stereocenters. The van der Waals surface area contributed by atoms with Gasteiger partial charge in [-0.25, -0.2) is 4.98 Å². The van der Waals surface area contributed by atoms with Gasteiger partial charge in [0.15, 0.2) is 0 Å². The Labute approximate surface area is 112 Å². The summed E-state index contributed by atoms with van der Waals surface area (Å²) in [5.74, 6) is 1.15. The van der Waals surface area contributed by atoms with Crippen LogP contribution in [0.1, 0.15) is 63.9 Å². The highest BCUT2D eigenvalue weighted by atomic mass is 15.1. The molecule has 104 valence electrons. The van der Waals surface area contributed by atoms with Gasteiger partial charge < -0.3 is 9.88 Å². The molecule has 0 saturated heterocycles. The number of nitrogens with zero attached hydrogens (tertiary/aromatic N) is 2. The molecule has 1 aromatic heterocycles. The summed E-state index contributed by atoms with van der Waals surface area (Å²) in [7, 11) is 0. The van der Waals surface area contributed by atoms with Crippen LogP contribution in [0, 0.1) is 6.92 Å². The van der Waals surface area contributed by atoms with Crippen molar-refractivity contribution in [3.63, 3.8) is 0 Å². The summed E-state index contributed by atoms with van der Waals surface area (Å²) < 4.78 is 2.36. The van der Waals surface area contributed by atoms with E-state index in [1.54, 1.807) is 0 Å². The molecule has 0 amide bonds. The van der Waals surface area contributed by atoms with Crippen molar-refractivity contribution in [2.75, 3.05) is 6.54 Å². The van der Waals surface area contributed by atoms with Crippen molar-refractivity contribution < 1.29 is 0 Å². The fourth-order valence-corrected chi connectivity index (χ4v) is 2.26. The van der Waals surface area contributed by atoms with Gasteiger partial charge in [0.05, 0.1) is 5.69 Å². The first-order valence-electron chi connectivity index (χ1n) is 7.51. The molecule has 1 N–H and O–H groups in total. The Morgan fingerprint density at radius 1 is 1.11 bits per heavy atom. The van der Waals surface area contributed by atoms with Gasteiger partial charge >= 0.3 is 0 Å². The van der Waals surface area contributed by atoms with Gasteiger partial charge in [-0.05, 0) is 19.9 Å². The second-order valence-electron chi connectivity index (χ2n) is 5.00. The number of hydrogen-bond acceptors (Lipinski definition) is 2. The molecule has 1 rings (SSSR count). The smallest absolute Gasteiger partial charge is 0.105 e. The largest absolute Gasteiger partial charge is 0.331 e. The third kappa shape index (κ3) is 5.21. The SMILES string of the molecule is CCCCCCCCn1c(CNCC)cnc1C. The molecule has 3 heteroatoms. The molecule has 0 saturated carbocycles. The number of hydrogen-bond donors (Lipinski definition) is 1. The minimum absolute atomic E-state index is 0.938. The second kappa shape index (κ2) is 9.15. The number of nitrogens with one attached hydrogen (secondary N) is 1. The van der Waals surface area contributed by atoms with Gasteiger partial charge in [-0.3, -0.25) is 0 Å². The van der Waals surface area contributed by atoms with Gasteiger partial charge in [0.2, 0.25) is 0 Å². The molecule has 0 aliphatic carbocycles. The quantitative estimate of drug-likeness (QED) is 0.643. The van der Waals surface area contributed by atoms with E-state index in [9.17, 15) is 0 Å². The van der Waals surface area contributed by atoms with Crippen molar-refractivity contribution in [3.8, 4) is 0 Å². The summed E-state index contributed by atoms with van der Waals surface area (Å²) in [6.07, 6.45) is 10.1. The normalized spacial score (nSPS) is 11.1. The van der Waals surface area contributed by atoms with Crippen LogP contribution in [-0.2, 0) is 13.1 Å². The van der Waals surface area contributed by atoms with Gasteiger partial charge in [-0.15, -0.1) is 0 Å². The van der Waals surface area contributed by atoms with Gasteiger partial charge in [-0.2, -0.15) is 0 Å². The van der Waals surface area contributed by atoms with E-state index in [1.165, 1.54) is 44.2 Å². The molecule has 1 heterocycles. The standard InChI is InChI=1S/C15H29N3/c1-4-6-7-8-9-10-11-18-14(3)17-13-15(18)12-16-5-2/h13,16H,4-12H2,1-3H3. The van der Waals surface area contributed by atoms with E-state index in [1.807, 2.05) is 6.20 Å². The third-order valence-electron chi connectivity index (χ3n) is 3.43. The van der Waals surface area contributed by atoms with Crippen LogP contribution in [0.5, 0.6) is 0 Å². The Morgan fingerprint density at radius 2 is 1.83 bits per heavy atom. The van der Waals surface area contributed by atoms with Gasteiger partial charge in [0.25, 0.3) is 0 Å². The molecule has 18 heavy (non-hydrogen) atoms. The van der Waals surface area contributed by atoms with Gasteiger partial charge in [0.1, 0.15) is 5.82 Å². The molecule has 0 aromatic carbocycles.